The lowest BCUT2D eigenvalue weighted by molar-refractivity contribution is 0.0773. The summed E-state index contributed by atoms with van der Waals surface area (Å²) in [6.45, 7) is 11.6. The molecule has 1 unspecified atom stereocenters. The summed E-state index contributed by atoms with van der Waals surface area (Å²) in [7, 11) is 1.42. The summed E-state index contributed by atoms with van der Waals surface area (Å²) in [6, 6.07) is 7.10. The maximum atomic E-state index is 13.3. The number of rotatable bonds is 5. The lowest BCUT2D eigenvalue weighted by atomic mass is 9.78. The van der Waals surface area contributed by atoms with E-state index in [2.05, 4.69) is 38.7 Å². The third kappa shape index (κ3) is 5.31. The van der Waals surface area contributed by atoms with Gasteiger partial charge >= 0.3 is 6.09 Å². The zero-order valence-electron chi connectivity index (χ0n) is 16.6. The Bertz CT molecular complexity index is 628. The molecule has 0 bridgehead atoms. The molecule has 2 rings (SSSR count). The van der Waals surface area contributed by atoms with Crippen molar-refractivity contribution in [1.29, 1.82) is 0 Å². The van der Waals surface area contributed by atoms with E-state index in [9.17, 15) is 9.18 Å². The Morgan fingerprint density at radius 1 is 1.19 bits per heavy atom. The van der Waals surface area contributed by atoms with Crippen LogP contribution in [0.1, 0.15) is 39.7 Å². The van der Waals surface area contributed by atoms with Crippen LogP contribution in [0, 0.1) is 5.82 Å². The van der Waals surface area contributed by atoms with E-state index in [1.54, 1.807) is 4.90 Å². The Morgan fingerprint density at radius 2 is 1.77 bits per heavy atom. The molecule has 1 aliphatic rings. The maximum absolute atomic E-state index is 13.3. The number of amides is 1. The Labute approximate surface area is 156 Å². The molecule has 0 aliphatic carbocycles. The van der Waals surface area contributed by atoms with Gasteiger partial charge in [0.2, 0.25) is 0 Å². The second-order valence-electron chi connectivity index (χ2n) is 7.90. The van der Waals surface area contributed by atoms with Crippen molar-refractivity contribution in [2.75, 3.05) is 33.3 Å². The fraction of sp³-hybridized carbons (Fsp3) is 0.571. The zero-order chi connectivity index (χ0) is 19.3. The molecule has 26 heavy (non-hydrogen) atoms. The van der Waals surface area contributed by atoms with Gasteiger partial charge in [-0.1, -0.05) is 37.6 Å². The number of nitrogens with zero attached hydrogens (tertiary/aromatic N) is 2. The first-order valence-electron chi connectivity index (χ1n) is 9.21. The monoisotopic (exact) mass is 362 g/mol. The SMILES string of the molecule is COC(=O)N1CCN(C(C=C(C)C)CC(C)(C)c2ccc(F)cc2)CC1. The summed E-state index contributed by atoms with van der Waals surface area (Å²) in [5, 5.41) is 0. The molecule has 4 nitrogen and oxygen atoms in total. The van der Waals surface area contributed by atoms with Crippen LogP contribution in [0.3, 0.4) is 0 Å². The van der Waals surface area contributed by atoms with Gasteiger partial charge in [-0.3, -0.25) is 4.90 Å². The highest BCUT2D eigenvalue weighted by molar-refractivity contribution is 5.67. The van der Waals surface area contributed by atoms with Gasteiger partial charge in [0.15, 0.2) is 0 Å². The molecule has 1 aliphatic heterocycles. The first-order valence-corrected chi connectivity index (χ1v) is 9.21. The van der Waals surface area contributed by atoms with Gasteiger partial charge in [-0.25, -0.2) is 9.18 Å². The van der Waals surface area contributed by atoms with Crippen LogP contribution in [0.25, 0.3) is 0 Å². The van der Waals surface area contributed by atoms with Crippen molar-refractivity contribution in [1.82, 2.24) is 9.80 Å². The van der Waals surface area contributed by atoms with Crippen LogP contribution < -0.4 is 0 Å². The van der Waals surface area contributed by atoms with Crippen LogP contribution in [0.15, 0.2) is 35.9 Å². The average molecular weight is 362 g/mol. The fourth-order valence-corrected chi connectivity index (χ4v) is 3.59. The van der Waals surface area contributed by atoms with E-state index in [1.165, 1.54) is 24.8 Å². The van der Waals surface area contributed by atoms with Gasteiger partial charge < -0.3 is 9.64 Å². The number of halogens is 1. The molecular formula is C21H31FN2O2. The standard InChI is InChI=1S/C21H31FN2O2/c1-16(2)14-19(23-10-12-24(13-11-23)20(25)26-5)15-21(3,4)17-6-8-18(22)9-7-17/h6-9,14,19H,10-13,15H2,1-5H3. The van der Waals surface area contributed by atoms with E-state index in [0.717, 1.165) is 25.1 Å². The summed E-state index contributed by atoms with van der Waals surface area (Å²) >= 11 is 0. The highest BCUT2D eigenvalue weighted by atomic mass is 19.1. The van der Waals surface area contributed by atoms with Gasteiger partial charge in [-0.05, 0) is 43.4 Å². The molecule has 0 N–H and O–H groups in total. The number of benzene rings is 1. The smallest absolute Gasteiger partial charge is 0.409 e. The van der Waals surface area contributed by atoms with Gasteiger partial charge in [-0.2, -0.15) is 0 Å². The topological polar surface area (TPSA) is 32.8 Å². The van der Waals surface area contributed by atoms with Gasteiger partial charge in [0.25, 0.3) is 0 Å². The number of piperazine rings is 1. The highest BCUT2D eigenvalue weighted by Gasteiger charge is 2.30. The molecular weight excluding hydrogens is 331 g/mol. The Balaban J connectivity index is 2.11. The minimum Gasteiger partial charge on any atom is -0.453 e. The van der Waals surface area contributed by atoms with Crippen LogP contribution in [0.5, 0.6) is 0 Å². The van der Waals surface area contributed by atoms with Gasteiger partial charge in [0.05, 0.1) is 7.11 Å². The Morgan fingerprint density at radius 3 is 2.27 bits per heavy atom. The lowest BCUT2D eigenvalue weighted by Gasteiger charge is -2.40. The molecule has 0 spiro atoms. The molecule has 1 amide bonds. The van der Waals surface area contributed by atoms with E-state index in [4.69, 9.17) is 4.74 Å². The predicted octanol–water partition coefficient (Wildman–Crippen LogP) is 4.21. The second-order valence-corrected chi connectivity index (χ2v) is 7.90. The third-order valence-electron chi connectivity index (χ3n) is 5.09. The van der Waals surface area contributed by atoms with E-state index in [0.29, 0.717) is 13.1 Å². The molecule has 1 heterocycles. The van der Waals surface area contributed by atoms with Crippen molar-refractivity contribution in [3.8, 4) is 0 Å². The second kappa shape index (κ2) is 8.67. The van der Waals surface area contributed by atoms with Crippen LogP contribution in [-0.2, 0) is 10.2 Å². The quantitative estimate of drug-likeness (QED) is 0.736. The normalized spacial score (nSPS) is 16.9. The van der Waals surface area contributed by atoms with Crippen LogP contribution in [0.2, 0.25) is 0 Å². The summed E-state index contributed by atoms with van der Waals surface area (Å²) in [5.41, 5.74) is 2.34. The van der Waals surface area contributed by atoms with Crippen LogP contribution >= 0.6 is 0 Å². The van der Waals surface area contributed by atoms with E-state index < -0.39 is 0 Å². The number of methoxy groups -OCH3 is 1. The Kier molecular flexibility index (Phi) is 6.81. The van der Waals surface area contributed by atoms with Gasteiger partial charge in [0, 0.05) is 32.2 Å². The van der Waals surface area contributed by atoms with Crippen molar-refractivity contribution in [2.45, 2.75) is 45.6 Å². The fourth-order valence-electron chi connectivity index (χ4n) is 3.59. The van der Waals surface area contributed by atoms with Crippen molar-refractivity contribution in [3.05, 3.63) is 47.3 Å². The van der Waals surface area contributed by atoms with Crippen molar-refractivity contribution in [2.24, 2.45) is 0 Å². The van der Waals surface area contributed by atoms with Crippen LogP contribution in [-0.4, -0.2) is 55.2 Å². The molecule has 1 fully saturated rings. The Hall–Kier alpha value is -1.88. The highest BCUT2D eigenvalue weighted by Crippen LogP contribution is 2.31. The minimum atomic E-state index is -0.255. The number of ether oxygens (including phenoxy) is 1. The number of carbonyl (C=O) groups is 1. The van der Waals surface area contributed by atoms with Crippen molar-refractivity contribution in [3.63, 3.8) is 0 Å². The van der Waals surface area contributed by atoms with E-state index in [-0.39, 0.29) is 23.4 Å². The maximum Gasteiger partial charge on any atom is 0.409 e. The zero-order valence-corrected chi connectivity index (χ0v) is 16.6. The first-order chi connectivity index (χ1) is 12.2. The van der Waals surface area contributed by atoms with Crippen molar-refractivity contribution >= 4 is 6.09 Å². The molecule has 1 atom stereocenters. The molecule has 5 heteroatoms. The van der Waals surface area contributed by atoms with Gasteiger partial charge in [-0.15, -0.1) is 0 Å². The number of allylic oxidation sites excluding steroid dienone is 1. The lowest BCUT2D eigenvalue weighted by Crippen LogP contribution is -2.52. The summed E-state index contributed by atoms with van der Waals surface area (Å²) < 4.78 is 18.1. The number of carbonyl (C=O) groups excluding carboxylic acids is 1. The van der Waals surface area contributed by atoms with Crippen LogP contribution in [0.4, 0.5) is 9.18 Å². The summed E-state index contributed by atoms with van der Waals surface area (Å²) in [4.78, 5) is 15.9. The molecule has 1 aromatic rings. The predicted molar refractivity (Wildman–Crippen MR) is 103 cm³/mol. The minimum absolute atomic E-state index is 0.0796. The van der Waals surface area contributed by atoms with Gasteiger partial charge in [0.1, 0.15) is 5.82 Å². The molecule has 0 aromatic heterocycles. The van der Waals surface area contributed by atoms with Crippen molar-refractivity contribution < 1.29 is 13.9 Å². The molecule has 1 saturated heterocycles. The number of hydrogen-bond donors (Lipinski definition) is 0. The van der Waals surface area contributed by atoms with E-state index >= 15 is 0 Å². The molecule has 0 saturated carbocycles. The summed E-state index contributed by atoms with van der Waals surface area (Å²) in [5.74, 6) is -0.204. The average Bonchev–Trinajstić information content (AvgIpc) is 2.60. The third-order valence-corrected chi connectivity index (χ3v) is 5.09. The molecule has 1 aromatic carbocycles. The molecule has 0 radical (unpaired) electrons. The summed E-state index contributed by atoms with van der Waals surface area (Å²) in [6.07, 6.45) is 2.98. The number of hydrogen-bond acceptors (Lipinski definition) is 3. The first kappa shape index (κ1) is 20.4. The van der Waals surface area contributed by atoms with E-state index in [1.807, 2.05) is 12.1 Å². The molecule has 144 valence electrons. The largest absolute Gasteiger partial charge is 0.453 e.